The van der Waals surface area contributed by atoms with E-state index in [4.69, 9.17) is 6.57 Å². The van der Waals surface area contributed by atoms with Crippen molar-refractivity contribution in [3.05, 3.63) is 36.5 Å². The van der Waals surface area contributed by atoms with Crippen molar-refractivity contribution in [3.63, 3.8) is 0 Å². The van der Waals surface area contributed by atoms with Crippen LogP contribution in [-0.4, -0.2) is 11.6 Å². The Morgan fingerprint density at radius 3 is 2.20 bits per heavy atom. The number of carbonyl (C=O) groups excluding carboxylic acids is 2. The number of fused-ring (bicyclic) bond motifs is 7. The van der Waals surface area contributed by atoms with Crippen molar-refractivity contribution >= 4 is 11.6 Å². The van der Waals surface area contributed by atoms with Gasteiger partial charge in [-0.3, -0.25) is 4.79 Å². The molecule has 7 atom stereocenters. The van der Waals surface area contributed by atoms with Crippen LogP contribution in [0.5, 0.6) is 0 Å². The van der Waals surface area contributed by atoms with Crippen LogP contribution in [0.1, 0.15) is 99.8 Å². The number of allylic oxidation sites excluding steroid dienone is 2. The van der Waals surface area contributed by atoms with Gasteiger partial charge >= 0.3 is 0 Å². The number of carbonyl (C=O) groups is 2. The molecule has 4 heteroatoms. The van der Waals surface area contributed by atoms with Gasteiger partial charge in [-0.05, 0) is 52.3 Å². The topological polar surface area (TPSA) is 38.5 Å². The van der Waals surface area contributed by atoms with Gasteiger partial charge in [0.2, 0.25) is 5.70 Å². The second-order valence-electron chi connectivity index (χ2n) is 14.3. The van der Waals surface area contributed by atoms with Crippen LogP contribution in [-0.2, 0) is 42.3 Å². The smallest absolute Gasteiger partial charge is 0.226 e. The molecule has 3 nitrogen and oxygen atoms in total. The molecule has 0 aliphatic heterocycles. The Balaban J connectivity index is 0.00000171. The molecule has 191 valence electrons. The van der Waals surface area contributed by atoms with E-state index in [1.165, 1.54) is 19.3 Å². The third-order valence-electron chi connectivity index (χ3n) is 12.0. The van der Waals surface area contributed by atoms with E-state index in [0.29, 0.717) is 29.2 Å². The normalized spacial score (nSPS) is 45.7. The summed E-state index contributed by atoms with van der Waals surface area (Å²) in [5.74, 6) is 3.11. The van der Waals surface area contributed by atoms with Gasteiger partial charge in [-0.25, -0.2) is 4.85 Å². The standard InChI is InChI=1S/C30H42NO2.CH3.Y/c1-26(2)12-9-18-10-13-30(7)24(19(18)16-26)21(32)15-23-28(5)17-20(31-8)25(33)27(3,4)22(28)11-14-29(23,30)6;;/h17,19,22-24H,9-16H2,1-7H3;1H3;/q2*-1;/t19?,22-,23?,24?,28-,29+,30+;;/m0../s1. The first-order valence-electron chi connectivity index (χ1n) is 13.2. The van der Waals surface area contributed by atoms with E-state index >= 15 is 0 Å². The Morgan fingerprint density at radius 1 is 0.943 bits per heavy atom. The number of hydrogen-bond acceptors (Lipinski definition) is 2. The molecular weight excluding hydrogens is 507 g/mol. The van der Waals surface area contributed by atoms with Gasteiger partial charge in [0.1, 0.15) is 5.78 Å². The molecule has 5 aliphatic rings. The Labute approximate surface area is 239 Å². The van der Waals surface area contributed by atoms with Crippen LogP contribution in [0.15, 0.2) is 11.8 Å². The number of ketones is 2. The van der Waals surface area contributed by atoms with Crippen LogP contribution in [0.4, 0.5) is 0 Å². The minimum absolute atomic E-state index is 0. The summed E-state index contributed by atoms with van der Waals surface area (Å²) < 4.78 is 0. The van der Waals surface area contributed by atoms with Crippen molar-refractivity contribution in [2.75, 3.05) is 0 Å². The average Bonchev–Trinajstić information content (AvgIpc) is 2.72. The molecule has 0 aromatic rings. The van der Waals surface area contributed by atoms with Gasteiger partial charge < -0.3 is 18.1 Å². The van der Waals surface area contributed by atoms with Gasteiger partial charge in [0.25, 0.3) is 0 Å². The van der Waals surface area contributed by atoms with Crippen LogP contribution in [0, 0.1) is 70.7 Å². The fourth-order valence-electron chi connectivity index (χ4n) is 10.0. The Morgan fingerprint density at radius 2 is 1.57 bits per heavy atom. The first-order chi connectivity index (χ1) is 15.2. The van der Waals surface area contributed by atoms with E-state index in [0.717, 1.165) is 25.7 Å². The molecule has 3 unspecified atom stereocenters. The molecule has 35 heavy (non-hydrogen) atoms. The number of nitrogens with zero attached hydrogens (tertiary/aromatic N) is 1. The average molecular weight is 553 g/mol. The van der Waals surface area contributed by atoms with E-state index < -0.39 is 5.41 Å². The van der Waals surface area contributed by atoms with Crippen molar-refractivity contribution in [1.29, 1.82) is 0 Å². The molecule has 0 aromatic carbocycles. The number of hydrogen-bond donors (Lipinski definition) is 0. The molecule has 5 aliphatic carbocycles. The van der Waals surface area contributed by atoms with Crippen LogP contribution in [0.3, 0.4) is 0 Å². The molecular formula is C31H45NO2Y-2. The molecule has 4 saturated carbocycles. The number of rotatable bonds is 0. The molecule has 0 spiro atoms. The van der Waals surface area contributed by atoms with E-state index in [1.807, 2.05) is 19.9 Å². The van der Waals surface area contributed by atoms with Crippen LogP contribution >= 0.6 is 0 Å². The van der Waals surface area contributed by atoms with Gasteiger partial charge in [0.15, 0.2) is 5.78 Å². The fraction of sp³-hybridized carbons (Fsp3) is 0.774. The Hall–Kier alpha value is -0.326. The molecule has 5 rings (SSSR count). The molecule has 0 amide bonds. The van der Waals surface area contributed by atoms with Gasteiger partial charge in [0.05, 0.1) is 6.57 Å². The zero-order valence-electron chi connectivity index (χ0n) is 23.4. The Bertz CT molecular complexity index is 988. The third-order valence-corrected chi connectivity index (χ3v) is 12.0. The van der Waals surface area contributed by atoms with Crippen molar-refractivity contribution in [2.24, 2.45) is 50.7 Å². The second kappa shape index (κ2) is 8.87. The van der Waals surface area contributed by atoms with Crippen LogP contribution in [0.25, 0.3) is 4.85 Å². The summed E-state index contributed by atoms with van der Waals surface area (Å²) in [5, 5.41) is 0. The van der Waals surface area contributed by atoms with Gasteiger partial charge in [0, 0.05) is 44.5 Å². The first kappa shape index (κ1) is 29.2. The van der Waals surface area contributed by atoms with E-state index in [2.05, 4.69) is 39.5 Å². The monoisotopic (exact) mass is 552 g/mol. The predicted molar refractivity (Wildman–Crippen MR) is 137 cm³/mol. The Kier molecular flexibility index (Phi) is 7.41. The quantitative estimate of drug-likeness (QED) is 0.289. The molecule has 1 radical (unpaired) electrons. The minimum Gasteiger partial charge on any atom is -0.358 e. The maximum Gasteiger partial charge on any atom is 0.226 e. The summed E-state index contributed by atoms with van der Waals surface area (Å²) in [6.07, 6.45) is 10.6. The summed E-state index contributed by atoms with van der Waals surface area (Å²) in [7, 11) is 0. The largest absolute Gasteiger partial charge is 0.358 e. The molecule has 0 saturated heterocycles. The van der Waals surface area contributed by atoms with E-state index in [9.17, 15) is 9.59 Å². The van der Waals surface area contributed by atoms with Gasteiger partial charge in [-0.2, -0.15) is 18.8 Å². The maximum atomic E-state index is 14.1. The van der Waals surface area contributed by atoms with Crippen molar-refractivity contribution in [1.82, 2.24) is 0 Å². The first-order valence-corrected chi connectivity index (χ1v) is 13.2. The molecule has 4 fully saturated rings. The fourth-order valence-corrected chi connectivity index (χ4v) is 10.0. The molecule has 0 bridgehead atoms. The predicted octanol–water partition coefficient (Wildman–Crippen LogP) is 7.67. The summed E-state index contributed by atoms with van der Waals surface area (Å²) in [6.45, 7) is 23.8. The summed E-state index contributed by atoms with van der Waals surface area (Å²) in [4.78, 5) is 30.9. The van der Waals surface area contributed by atoms with Crippen molar-refractivity contribution in [2.45, 2.75) is 99.8 Å². The van der Waals surface area contributed by atoms with E-state index in [-0.39, 0.29) is 79.9 Å². The van der Waals surface area contributed by atoms with Crippen molar-refractivity contribution < 1.29 is 42.3 Å². The van der Waals surface area contributed by atoms with Crippen molar-refractivity contribution in [3.8, 4) is 0 Å². The van der Waals surface area contributed by atoms with Crippen LogP contribution in [0.2, 0.25) is 0 Å². The van der Waals surface area contributed by atoms with Crippen LogP contribution < -0.4 is 0 Å². The minimum atomic E-state index is -0.549. The maximum absolute atomic E-state index is 14.1. The summed E-state index contributed by atoms with van der Waals surface area (Å²) >= 11 is 0. The SMILES string of the molecule is [C-]#[N+]C1=C[C@]2(C)C3CC(=O)C4C5CC(C)(C)CC[C-]5CC[C@@]4(C)[C@]3(C)CC[C@H]2C(C)(C)C1=O.[CH3-].[Y]. The summed E-state index contributed by atoms with van der Waals surface area (Å²) in [5.41, 5.74) is -0.189. The summed E-state index contributed by atoms with van der Waals surface area (Å²) in [6, 6.07) is 0. The molecule has 0 aromatic heterocycles. The van der Waals surface area contributed by atoms with Gasteiger partial charge in [-0.1, -0.05) is 73.8 Å². The van der Waals surface area contributed by atoms with E-state index in [1.54, 1.807) is 5.92 Å². The second-order valence-corrected chi connectivity index (χ2v) is 14.3. The zero-order valence-corrected chi connectivity index (χ0v) is 26.2. The molecule has 0 N–H and O–H groups in total. The molecule has 0 heterocycles. The zero-order chi connectivity index (χ0) is 24.2. The number of Topliss-reactive ketones (excluding diaryl/α,β-unsaturated/α-hetero) is 2. The van der Waals surface area contributed by atoms with Gasteiger partial charge in [-0.15, -0.1) is 0 Å². The third kappa shape index (κ3) is 3.77.